The van der Waals surface area contributed by atoms with Crippen LogP contribution in [0.1, 0.15) is 60.8 Å². The van der Waals surface area contributed by atoms with Gasteiger partial charge in [-0.2, -0.15) is 0 Å². The fourth-order valence-electron chi connectivity index (χ4n) is 6.77. The molecule has 1 aromatic carbocycles. The Morgan fingerprint density at radius 3 is 2.55 bits per heavy atom. The van der Waals surface area contributed by atoms with Crippen LogP contribution >= 0.6 is 11.3 Å². The molecule has 3 aliphatic carbocycles. The molecule has 1 aromatic heterocycles. The fraction of sp³-hybridized carbons (Fsp3) is 0.621. The average molecular weight is 570 g/mol. The van der Waals surface area contributed by atoms with Gasteiger partial charge in [-0.05, 0) is 56.3 Å². The summed E-state index contributed by atoms with van der Waals surface area (Å²) in [5.41, 5.74) is 0.716. The van der Waals surface area contributed by atoms with Gasteiger partial charge in [0.1, 0.15) is 11.0 Å². The smallest absolute Gasteiger partial charge is 0.404 e. The highest BCUT2D eigenvalue weighted by molar-refractivity contribution is 7.13. The number of hydrogen-bond donors (Lipinski definition) is 3. The van der Waals surface area contributed by atoms with Crippen molar-refractivity contribution in [3.05, 3.63) is 35.7 Å². The Morgan fingerprint density at radius 2 is 1.90 bits per heavy atom. The summed E-state index contributed by atoms with van der Waals surface area (Å²) in [7, 11) is -0.607. The lowest BCUT2D eigenvalue weighted by molar-refractivity contribution is -0.199. The second-order valence-electron chi connectivity index (χ2n) is 12.7. The van der Waals surface area contributed by atoms with Crippen LogP contribution in [0.4, 0.5) is 4.79 Å². The number of nitrogens with zero attached hydrogens (tertiary/aromatic N) is 1. The summed E-state index contributed by atoms with van der Waals surface area (Å²) in [6, 6.07) is 8.32. The Kier molecular flexibility index (Phi) is 8.04. The van der Waals surface area contributed by atoms with Crippen molar-refractivity contribution in [3.8, 4) is 16.5 Å². The summed E-state index contributed by atoms with van der Waals surface area (Å²) < 4.78 is 18.4. The molecule has 2 heterocycles. The van der Waals surface area contributed by atoms with E-state index >= 15 is 0 Å². The van der Waals surface area contributed by atoms with E-state index in [1.807, 2.05) is 30.3 Å². The predicted molar refractivity (Wildman–Crippen MR) is 154 cm³/mol. The highest BCUT2D eigenvalue weighted by Gasteiger charge is 2.68. The molecule has 11 heteroatoms. The minimum absolute atomic E-state index is 0.0135. The normalized spacial score (nSPS) is 28.7. The third kappa shape index (κ3) is 5.53. The number of ether oxygens (including phenoxy) is 1. The first-order valence-corrected chi connectivity index (χ1v) is 15.1. The van der Waals surface area contributed by atoms with Crippen LogP contribution in [0.25, 0.3) is 10.6 Å². The zero-order chi connectivity index (χ0) is 28.8. The van der Waals surface area contributed by atoms with Gasteiger partial charge in [0.25, 0.3) is 0 Å². The van der Waals surface area contributed by atoms with Crippen molar-refractivity contribution in [1.82, 2.24) is 15.6 Å². The number of amides is 2. The molecule has 40 heavy (non-hydrogen) atoms. The van der Waals surface area contributed by atoms with Crippen LogP contribution in [-0.4, -0.2) is 59.0 Å². The van der Waals surface area contributed by atoms with E-state index in [1.54, 1.807) is 5.38 Å². The maximum atomic E-state index is 13.4. The van der Waals surface area contributed by atoms with Gasteiger partial charge in [0.05, 0.1) is 29.1 Å². The molecule has 216 valence electrons. The number of aromatic nitrogens is 1. The first kappa shape index (κ1) is 29.0. The minimum Gasteiger partial charge on any atom is -0.404 e. The Morgan fingerprint density at radius 1 is 1.18 bits per heavy atom. The highest BCUT2D eigenvalue weighted by atomic mass is 32.1. The van der Waals surface area contributed by atoms with E-state index in [0.717, 1.165) is 18.4 Å². The van der Waals surface area contributed by atoms with Crippen LogP contribution in [0, 0.1) is 23.2 Å². The summed E-state index contributed by atoms with van der Waals surface area (Å²) in [4.78, 5) is 30.5. The van der Waals surface area contributed by atoms with E-state index in [-0.39, 0.29) is 23.3 Å². The number of aliphatic hydroxyl groups is 1. The van der Waals surface area contributed by atoms with Crippen LogP contribution in [0.3, 0.4) is 0 Å². The molecule has 0 unspecified atom stereocenters. The first-order valence-electron chi connectivity index (χ1n) is 14.2. The van der Waals surface area contributed by atoms with Crippen LogP contribution in [0.5, 0.6) is 5.88 Å². The summed E-state index contributed by atoms with van der Waals surface area (Å²) >= 11 is 1.34. The van der Waals surface area contributed by atoms with Gasteiger partial charge in [-0.3, -0.25) is 4.79 Å². The lowest BCUT2D eigenvalue weighted by Gasteiger charge is -2.64. The third-order valence-corrected chi connectivity index (χ3v) is 9.96. The molecule has 1 aliphatic heterocycles. The van der Waals surface area contributed by atoms with Crippen molar-refractivity contribution < 1.29 is 28.7 Å². The maximum Gasteiger partial charge on any atom is 0.481 e. The quantitative estimate of drug-likeness (QED) is 0.382. The molecule has 7 atom stereocenters. The number of aliphatic hydroxyl groups excluding tert-OH is 1. The Balaban J connectivity index is 1.23. The topological polar surface area (TPSA) is 119 Å². The summed E-state index contributed by atoms with van der Waals surface area (Å²) in [5, 5.41) is 18.3. The molecule has 9 nitrogen and oxygen atoms in total. The lowest BCUT2D eigenvalue weighted by Crippen LogP contribution is -2.65. The number of benzene rings is 1. The number of carbonyl (C=O) groups is 2. The molecule has 3 N–H and O–H groups in total. The molecular formula is C29H40BN3O6S. The van der Waals surface area contributed by atoms with Crippen molar-refractivity contribution in [2.45, 2.75) is 90.6 Å². The second kappa shape index (κ2) is 11.1. The molecular weight excluding hydrogens is 529 g/mol. The molecule has 2 aromatic rings. The second-order valence-corrected chi connectivity index (χ2v) is 13.5. The zero-order valence-electron chi connectivity index (χ0n) is 24.0. The average Bonchev–Trinajstić information content (AvgIpc) is 3.50. The molecule has 1 saturated heterocycles. The first-order chi connectivity index (χ1) is 18.9. The van der Waals surface area contributed by atoms with Crippen molar-refractivity contribution in [2.75, 3.05) is 0 Å². The van der Waals surface area contributed by atoms with Crippen LogP contribution in [0.2, 0.25) is 0 Å². The monoisotopic (exact) mass is 569 g/mol. The molecule has 4 fully saturated rings. The third-order valence-electron chi connectivity index (χ3n) is 9.09. The molecule has 0 radical (unpaired) electrons. The highest BCUT2D eigenvalue weighted by Crippen LogP contribution is 2.65. The largest absolute Gasteiger partial charge is 0.481 e. The summed E-state index contributed by atoms with van der Waals surface area (Å²) in [6.45, 7) is 12.4. The summed E-state index contributed by atoms with van der Waals surface area (Å²) in [6.07, 6.45) is 0.654. The van der Waals surface area contributed by atoms with E-state index in [1.165, 1.54) is 18.3 Å². The van der Waals surface area contributed by atoms with Gasteiger partial charge >= 0.3 is 13.2 Å². The number of carbonyl (C=O) groups excluding carboxylic acids is 2. The van der Waals surface area contributed by atoms with E-state index in [9.17, 15) is 14.7 Å². The van der Waals surface area contributed by atoms with Gasteiger partial charge < -0.3 is 29.8 Å². The molecule has 4 aliphatic rings. The van der Waals surface area contributed by atoms with Gasteiger partial charge in [-0.1, -0.05) is 58.0 Å². The lowest BCUT2D eigenvalue weighted by atomic mass is 9.43. The molecule has 0 spiro atoms. The standard InChI is InChI=1S/C29H40BN3O6S/c1-16(2)12-22(30-38-21-14-19-13-20(28(19,4)5)29(21,6)39-30)31-25(35)24(17(3)34)33-27(36)37-23-15-40-26(32-23)18-10-8-7-9-11-18/h7-11,15-17,19-22,24,34H,12-14H2,1-6H3,(H,31,35)(H,33,36)/t17-,19+,20+,21-,22+,24+,29+/m1/s1. The van der Waals surface area contributed by atoms with Crippen molar-refractivity contribution >= 4 is 30.5 Å². The minimum atomic E-state index is -1.24. The van der Waals surface area contributed by atoms with Crippen LogP contribution < -0.4 is 15.4 Å². The Hall–Kier alpha value is -2.47. The number of rotatable bonds is 9. The SMILES string of the molecule is CC(C)C[C@H](NC(=O)[C@@H](NC(=O)Oc1csc(-c2ccccc2)n1)[C@@H](C)O)B1O[C@@H]2C[C@@H]3C[C@@H](C3(C)C)[C@]2(C)O1. The molecule has 3 saturated carbocycles. The van der Waals surface area contributed by atoms with Gasteiger partial charge in [0, 0.05) is 5.56 Å². The maximum absolute atomic E-state index is 13.4. The molecule has 6 rings (SSSR count). The van der Waals surface area contributed by atoms with Gasteiger partial charge in [0.15, 0.2) is 0 Å². The number of thiazole rings is 1. The molecule has 2 amide bonds. The number of hydrogen-bond acceptors (Lipinski definition) is 8. The van der Waals surface area contributed by atoms with Crippen LogP contribution in [-0.2, 0) is 14.1 Å². The van der Waals surface area contributed by atoms with Gasteiger partial charge in [-0.25, -0.2) is 9.78 Å². The van der Waals surface area contributed by atoms with E-state index in [2.05, 4.69) is 50.2 Å². The van der Waals surface area contributed by atoms with Crippen molar-refractivity contribution in [1.29, 1.82) is 0 Å². The Labute approximate surface area is 240 Å². The summed E-state index contributed by atoms with van der Waals surface area (Å²) in [5.74, 6) is 0.420. The zero-order valence-corrected chi connectivity index (χ0v) is 24.9. The fourth-order valence-corrected chi connectivity index (χ4v) is 7.49. The Bertz CT molecular complexity index is 1220. The van der Waals surface area contributed by atoms with Gasteiger partial charge in [0.2, 0.25) is 11.8 Å². The number of nitrogens with one attached hydrogen (secondary N) is 2. The van der Waals surface area contributed by atoms with Crippen molar-refractivity contribution in [3.63, 3.8) is 0 Å². The molecule has 2 bridgehead atoms. The predicted octanol–water partition coefficient (Wildman–Crippen LogP) is 4.45. The van der Waals surface area contributed by atoms with Gasteiger partial charge in [-0.15, -0.1) is 11.3 Å². The van der Waals surface area contributed by atoms with E-state index in [0.29, 0.717) is 23.3 Å². The van der Waals surface area contributed by atoms with Crippen molar-refractivity contribution in [2.24, 2.45) is 23.2 Å². The van der Waals surface area contributed by atoms with Crippen LogP contribution in [0.15, 0.2) is 35.7 Å². The van der Waals surface area contributed by atoms with E-state index in [4.69, 9.17) is 14.0 Å². The van der Waals surface area contributed by atoms with E-state index < -0.39 is 42.8 Å².